The highest BCUT2D eigenvalue weighted by molar-refractivity contribution is 7.92. The SMILES string of the molecule is [C-]#[N+]c1ccc(Cn2nc(-c3nc(-c4ccc(S(=O)(=O)C(F)(F)F)cc4)no3)cc2C)cc1. The molecule has 0 radical (unpaired) electrons. The lowest BCUT2D eigenvalue weighted by molar-refractivity contribution is -0.0436. The van der Waals surface area contributed by atoms with Gasteiger partial charge in [-0.2, -0.15) is 23.3 Å². The third kappa shape index (κ3) is 4.35. The number of halogens is 3. The summed E-state index contributed by atoms with van der Waals surface area (Å²) in [5.74, 6) is 0.171. The lowest BCUT2D eigenvalue weighted by atomic mass is 10.2. The van der Waals surface area contributed by atoms with Crippen LogP contribution in [0.4, 0.5) is 18.9 Å². The Hall–Kier alpha value is -3.98. The van der Waals surface area contributed by atoms with Crippen molar-refractivity contribution in [1.29, 1.82) is 0 Å². The molecule has 0 bridgehead atoms. The highest BCUT2D eigenvalue weighted by atomic mass is 32.2. The topological polar surface area (TPSA) is 95.2 Å². The average molecular weight is 473 g/mol. The van der Waals surface area contributed by atoms with Crippen LogP contribution in [0.1, 0.15) is 11.3 Å². The molecule has 0 amide bonds. The molecule has 2 heterocycles. The summed E-state index contributed by atoms with van der Waals surface area (Å²) in [6.45, 7) is 9.31. The Morgan fingerprint density at radius 2 is 1.76 bits per heavy atom. The summed E-state index contributed by atoms with van der Waals surface area (Å²) in [5, 5.41) is 8.26. The van der Waals surface area contributed by atoms with E-state index in [-0.39, 0.29) is 17.3 Å². The molecular formula is C21H14F3N5O3S. The predicted octanol–water partition coefficient (Wildman–Crippen LogP) is 4.80. The van der Waals surface area contributed by atoms with E-state index in [1.54, 1.807) is 22.9 Å². The fourth-order valence-electron chi connectivity index (χ4n) is 2.99. The van der Waals surface area contributed by atoms with Gasteiger partial charge in [0.1, 0.15) is 0 Å². The van der Waals surface area contributed by atoms with Crippen LogP contribution in [0.25, 0.3) is 27.8 Å². The summed E-state index contributed by atoms with van der Waals surface area (Å²) >= 11 is 0. The van der Waals surface area contributed by atoms with Gasteiger partial charge >= 0.3 is 5.51 Å². The number of hydrogen-bond donors (Lipinski definition) is 0. The Balaban J connectivity index is 1.55. The number of aryl methyl sites for hydroxylation is 1. The summed E-state index contributed by atoms with van der Waals surface area (Å²) in [5.41, 5.74) is -2.40. The summed E-state index contributed by atoms with van der Waals surface area (Å²) in [6, 6.07) is 12.9. The molecule has 4 aromatic rings. The van der Waals surface area contributed by atoms with Crippen LogP contribution < -0.4 is 0 Å². The van der Waals surface area contributed by atoms with Crippen LogP contribution in [0.15, 0.2) is 64.0 Å². The minimum atomic E-state index is -5.44. The van der Waals surface area contributed by atoms with Crippen molar-refractivity contribution in [3.63, 3.8) is 0 Å². The van der Waals surface area contributed by atoms with Crippen molar-refractivity contribution in [3.05, 3.63) is 77.3 Å². The number of alkyl halides is 3. The van der Waals surface area contributed by atoms with E-state index in [0.717, 1.165) is 23.4 Å². The van der Waals surface area contributed by atoms with Gasteiger partial charge in [0.05, 0.1) is 18.0 Å². The highest BCUT2D eigenvalue weighted by Gasteiger charge is 2.46. The molecule has 2 aromatic heterocycles. The zero-order valence-electron chi connectivity index (χ0n) is 16.9. The van der Waals surface area contributed by atoms with Crippen LogP contribution in [-0.2, 0) is 16.4 Å². The predicted molar refractivity (Wildman–Crippen MR) is 111 cm³/mol. The van der Waals surface area contributed by atoms with Gasteiger partial charge in [0.15, 0.2) is 11.4 Å². The zero-order valence-corrected chi connectivity index (χ0v) is 17.7. The smallest absolute Gasteiger partial charge is 0.332 e. The minimum Gasteiger partial charge on any atom is -0.332 e. The average Bonchev–Trinajstić information content (AvgIpc) is 3.41. The number of nitrogens with zero attached hydrogens (tertiary/aromatic N) is 5. The van der Waals surface area contributed by atoms with Gasteiger partial charge in [0, 0.05) is 11.3 Å². The van der Waals surface area contributed by atoms with Gasteiger partial charge < -0.3 is 4.52 Å². The van der Waals surface area contributed by atoms with Crippen molar-refractivity contribution in [2.75, 3.05) is 0 Å². The van der Waals surface area contributed by atoms with E-state index >= 15 is 0 Å². The molecule has 0 fully saturated rings. The van der Waals surface area contributed by atoms with Crippen LogP contribution in [0.3, 0.4) is 0 Å². The van der Waals surface area contributed by atoms with Crippen molar-refractivity contribution in [2.24, 2.45) is 0 Å². The molecule has 0 aliphatic heterocycles. The number of rotatable bonds is 5. The molecule has 168 valence electrons. The normalized spacial score (nSPS) is 12.0. The highest BCUT2D eigenvalue weighted by Crippen LogP contribution is 2.31. The zero-order chi connectivity index (χ0) is 23.8. The lowest BCUT2D eigenvalue weighted by Gasteiger charge is -2.07. The number of aromatic nitrogens is 4. The monoisotopic (exact) mass is 473 g/mol. The summed E-state index contributed by atoms with van der Waals surface area (Å²) < 4.78 is 68.0. The molecule has 0 unspecified atom stereocenters. The van der Waals surface area contributed by atoms with Crippen LogP contribution in [-0.4, -0.2) is 33.8 Å². The van der Waals surface area contributed by atoms with Crippen molar-refractivity contribution >= 4 is 15.5 Å². The first kappa shape index (κ1) is 22.2. The maximum atomic E-state index is 12.7. The molecule has 33 heavy (non-hydrogen) atoms. The molecular weight excluding hydrogens is 459 g/mol. The third-order valence-electron chi connectivity index (χ3n) is 4.75. The van der Waals surface area contributed by atoms with Gasteiger partial charge in [0.25, 0.3) is 15.7 Å². The summed E-state index contributed by atoms with van der Waals surface area (Å²) in [4.78, 5) is 6.70. The van der Waals surface area contributed by atoms with Crippen molar-refractivity contribution in [3.8, 4) is 23.0 Å². The Kier molecular flexibility index (Phi) is 5.51. The first-order valence-electron chi connectivity index (χ1n) is 9.35. The minimum absolute atomic E-state index is 0.0721. The van der Waals surface area contributed by atoms with Crippen LogP contribution in [0, 0.1) is 13.5 Å². The Labute approximate surface area is 186 Å². The molecule has 0 aliphatic carbocycles. The quantitative estimate of drug-likeness (QED) is 0.387. The maximum Gasteiger partial charge on any atom is 0.501 e. The Bertz CT molecular complexity index is 1450. The van der Waals surface area contributed by atoms with E-state index in [9.17, 15) is 21.6 Å². The summed E-state index contributed by atoms with van der Waals surface area (Å²) in [7, 11) is -5.44. The number of benzene rings is 2. The molecule has 0 saturated heterocycles. The van der Waals surface area contributed by atoms with E-state index in [1.807, 2.05) is 19.1 Å². The standard InChI is InChI=1S/C21H14F3N5O3S/c1-13-11-18(27-29(13)12-14-3-7-16(25-2)8-4-14)20-26-19(28-32-20)15-5-9-17(10-6-15)33(30,31)21(22,23)24/h3-11H,12H2,1H3. The molecule has 8 nitrogen and oxygen atoms in total. The summed E-state index contributed by atoms with van der Waals surface area (Å²) in [6.07, 6.45) is 0. The molecule has 0 spiro atoms. The van der Waals surface area contributed by atoms with Gasteiger partial charge in [-0.05, 0) is 42.8 Å². The van der Waals surface area contributed by atoms with Gasteiger partial charge in [-0.25, -0.2) is 13.3 Å². The van der Waals surface area contributed by atoms with Gasteiger partial charge in [0.2, 0.25) is 5.82 Å². The van der Waals surface area contributed by atoms with E-state index < -0.39 is 20.2 Å². The molecule has 2 aromatic carbocycles. The van der Waals surface area contributed by atoms with Gasteiger partial charge in [-0.15, -0.1) is 0 Å². The van der Waals surface area contributed by atoms with Crippen molar-refractivity contribution in [2.45, 2.75) is 23.9 Å². The van der Waals surface area contributed by atoms with E-state index in [0.29, 0.717) is 17.9 Å². The van der Waals surface area contributed by atoms with E-state index in [1.165, 1.54) is 12.1 Å². The van der Waals surface area contributed by atoms with Crippen molar-refractivity contribution < 1.29 is 26.1 Å². The fraction of sp³-hybridized carbons (Fsp3) is 0.143. The van der Waals surface area contributed by atoms with Crippen LogP contribution in [0.2, 0.25) is 0 Å². The lowest BCUT2D eigenvalue weighted by Crippen LogP contribution is -2.23. The molecule has 0 atom stereocenters. The third-order valence-corrected chi connectivity index (χ3v) is 6.25. The molecule has 12 heteroatoms. The fourth-order valence-corrected chi connectivity index (χ4v) is 3.75. The van der Waals surface area contributed by atoms with Crippen LogP contribution >= 0.6 is 0 Å². The Morgan fingerprint density at radius 1 is 1.09 bits per heavy atom. The molecule has 0 N–H and O–H groups in total. The molecule has 0 aliphatic rings. The number of sulfone groups is 1. The van der Waals surface area contributed by atoms with Crippen LogP contribution in [0.5, 0.6) is 0 Å². The van der Waals surface area contributed by atoms with Gasteiger partial charge in [-0.1, -0.05) is 29.4 Å². The second-order valence-electron chi connectivity index (χ2n) is 7.00. The van der Waals surface area contributed by atoms with E-state index in [2.05, 4.69) is 20.1 Å². The van der Waals surface area contributed by atoms with E-state index in [4.69, 9.17) is 11.1 Å². The first-order chi connectivity index (χ1) is 15.6. The number of hydrogen-bond acceptors (Lipinski definition) is 6. The molecule has 0 saturated carbocycles. The second-order valence-corrected chi connectivity index (χ2v) is 8.94. The molecule has 4 rings (SSSR count). The first-order valence-corrected chi connectivity index (χ1v) is 10.8. The Morgan fingerprint density at radius 3 is 2.36 bits per heavy atom. The van der Waals surface area contributed by atoms with Gasteiger partial charge in [-0.3, -0.25) is 4.68 Å². The largest absolute Gasteiger partial charge is 0.501 e. The van der Waals surface area contributed by atoms with Crippen molar-refractivity contribution in [1.82, 2.24) is 19.9 Å². The second kappa shape index (κ2) is 8.18. The maximum absolute atomic E-state index is 12.7.